The highest BCUT2D eigenvalue weighted by Gasteiger charge is 2.28. The van der Waals surface area contributed by atoms with Crippen LogP contribution >= 0.6 is 0 Å². The molecule has 0 spiro atoms. The number of hydrogen-bond donors (Lipinski definition) is 1. The number of hydrogen-bond acceptors (Lipinski definition) is 4. The van der Waals surface area contributed by atoms with Gasteiger partial charge in [-0.25, -0.2) is 0 Å². The number of nitrogens with one attached hydrogen (secondary N) is 1. The highest BCUT2D eigenvalue weighted by molar-refractivity contribution is 5.79. The summed E-state index contributed by atoms with van der Waals surface area (Å²) in [6.45, 7) is 2.03. The van der Waals surface area contributed by atoms with Crippen molar-refractivity contribution in [1.29, 1.82) is 0 Å². The van der Waals surface area contributed by atoms with Crippen molar-refractivity contribution < 1.29 is 9.32 Å². The summed E-state index contributed by atoms with van der Waals surface area (Å²) in [6, 6.07) is 17.7. The molecule has 1 saturated carbocycles. The largest absolute Gasteiger partial charge is 0.344 e. The van der Waals surface area contributed by atoms with Gasteiger partial charge < -0.3 is 9.84 Å². The van der Waals surface area contributed by atoms with Gasteiger partial charge in [-0.3, -0.25) is 4.79 Å². The summed E-state index contributed by atoms with van der Waals surface area (Å²) in [5.41, 5.74) is 3.17. The molecule has 1 aromatic heterocycles. The molecule has 28 heavy (non-hydrogen) atoms. The van der Waals surface area contributed by atoms with E-state index in [2.05, 4.69) is 15.5 Å². The van der Waals surface area contributed by atoms with Crippen LogP contribution in [-0.2, 0) is 11.2 Å². The first-order valence-corrected chi connectivity index (χ1v) is 9.94. The molecule has 1 amide bonds. The van der Waals surface area contributed by atoms with Gasteiger partial charge in [-0.1, -0.05) is 72.1 Å². The Balaban J connectivity index is 1.58. The quantitative estimate of drug-likeness (QED) is 0.682. The summed E-state index contributed by atoms with van der Waals surface area (Å²) in [5.74, 6) is 1.18. The van der Waals surface area contributed by atoms with Crippen LogP contribution in [0.1, 0.15) is 48.7 Å². The van der Waals surface area contributed by atoms with Gasteiger partial charge in [-0.05, 0) is 31.4 Å². The molecule has 5 heteroatoms. The first-order valence-electron chi connectivity index (χ1n) is 9.94. The van der Waals surface area contributed by atoms with Crippen molar-refractivity contribution in [3.63, 3.8) is 0 Å². The van der Waals surface area contributed by atoms with E-state index >= 15 is 0 Å². The van der Waals surface area contributed by atoms with Gasteiger partial charge in [-0.15, -0.1) is 0 Å². The molecule has 0 saturated heterocycles. The fourth-order valence-electron chi connectivity index (χ4n) is 3.81. The van der Waals surface area contributed by atoms with Gasteiger partial charge in [0, 0.05) is 17.9 Å². The van der Waals surface area contributed by atoms with Crippen LogP contribution in [0.5, 0.6) is 0 Å². The number of aromatic nitrogens is 2. The summed E-state index contributed by atoms with van der Waals surface area (Å²) >= 11 is 0. The second kappa shape index (κ2) is 8.38. The van der Waals surface area contributed by atoms with Crippen LogP contribution < -0.4 is 5.32 Å². The molecule has 1 aliphatic carbocycles. The Bertz CT molecular complexity index is 930. The van der Waals surface area contributed by atoms with Crippen LogP contribution in [0.4, 0.5) is 0 Å². The molecule has 2 aromatic carbocycles. The molecule has 5 nitrogen and oxygen atoms in total. The standard InChI is InChI=1S/C23H25N3O2/c1-16-8-7-13-19(14-16)21-25-23(28-26-21)20(15-17-9-3-2-4-10-17)24-22(27)18-11-5-6-12-18/h2-4,7-10,13-14,18,20H,5-6,11-12,15H2,1H3,(H,24,27)/t20-/m1/s1. The van der Waals surface area contributed by atoms with Gasteiger partial charge in [0.25, 0.3) is 0 Å². The first kappa shape index (κ1) is 18.4. The average molecular weight is 375 g/mol. The Kier molecular flexibility index (Phi) is 5.51. The topological polar surface area (TPSA) is 68.0 Å². The molecule has 1 atom stereocenters. The molecule has 0 radical (unpaired) electrons. The molecule has 4 rings (SSSR count). The zero-order valence-electron chi connectivity index (χ0n) is 16.1. The average Bonchev–Trinajstić information content (AvgIpc) is 3.41. The Morgan fingerprint density at radius 3 is 2.68 bits per heavy atom. The third kappa shape index (κ3) is 4.30. The number of nitrogens with zero attached hydrogens (tertiary/aromatic N) is 2. The Morgan fingerprint density at radius 2 is 1.93 bits per heavy atom. The summed E-state index contributed by atoms with van der Waals surface area (Å²) < 4.78 is 5.58. The Hall–Kier alpha value is -2.95. The lowest BCUT2D eigenvalue weighted by Gasteiger charge is -2.18. The molecule has 1 fully saturated rings. The van der Waals surface area contributed by atoms with E-state index in [-0.39, 0.29) is 17.9 Å². The van der Waals surface area contributed by atoms with Crippen molar-refractivity contribution in [1.82, 2.24) is 15.5 Å². The van der Waals surface area contributed by atoms with Crippen molar-refractivity contribution >= 4 is 5.91 Å². The third-order valence-electron chi connectivity index (χ3n) is 5.34. The minimum atomic E-state index is -0.332. The van der Waals surface area contributed by atoms with Crippen LogP contribution in [0.25, 0.3) is 11.4 Å². The molecule has 0 unspecified atom stereocenters. The van der Waals surface area contributed by atoms with Crippen molar-refractivity contribution in [3.8, 4) is 11.4 Å². The maximum absolute atomic E-state index is 12.7. The summed E-state index contributed by atoms with van der Waals surface area (Å²) in [4.78, 5) is 17.3. The highest BCUT2D eigenvalue weighted by Crippen LogP contribution is 2.27. The van der Waals surface area contributed by atoms with Crippen molar-refractivity contribution in [2.75, 3.05) is 0 Å². The second-order valence-corrected chi connectivity index (χ2v) is 7.56. The van der Waals surface area contributed by atoms with Gasteiger partial charge in [0.05, 0.1) is 0 Å². The van der Waals surface area contributed by atoms with Crippen LogP contribution in [0, 0.1) is 12.8 Å². The Morgan fingerprint density at radius 1 is 1.14 bits per heavy atom. The smallest absolute Gasteiger partial charge is 0.249 e. The van der Waals surface area contributed by atoms with Crippen LogP contribution in [0.2, 0.25) is 0 Å². The third-order valence-corrected chi connectivity index (χ3v) is 5.34. The van der Waals surface area contributed by atoms with Gasteiger partial charge in [-0.2, -0.15) is 4.98 Å². The van der Waals surface area contributed by atoms with Gasteiger partial charge in [0.1, 0.15) is 6.04 Å². The minimum Gasteiger partial charge on any atom is -0.344 e. The van der Waals surface area contributed by atoms with E-state index in [1.807, 2.05) is 61.5 Å². The SMILES string of the molecule is Cc1cccc(-c2noc([C@@H](Cc3ccccc3)NC(=O)C3CCCC3)n2)c1. The molecular weight excluding hydrogens is 350 g/mol. The van der Waals surface area contributed by atoms with E-state index < -0.39 is 0 Å². The lowest BCUT2D eigenvalue weighted by molar-refractivity contribution is -0.125. The van der Waals surface area contributed by atoms with E-state index in [9.17, 15) is 4.79 Å². The van der Waals surface area contributed by atoms with Gasteiger partial charge in [0.2, 0.25) is 17.6 Å². The highest BCUT2D eigenvalue weighted by atomic mass is 16.5. The zero-order chi connectivity index (χ0) is 19.3. The molecule has 0 aliphatic heterocycles. The van der Waals surface area contributed by atoms with E-state index in [0.29, 0.717) is 18.1 Å². The van der Waals surface area contributed by atoms with E-state index in [1.165, 1.54) is 0 Å². The van der Waals surface area contributed by atoms with Gasteiger partial charge in [0.15, 0.2) is 0 Å². The first-order chi connectivity index (χ1) is 13.7. The maximum atomic E-state index is 12.7. The van der Waals surface area contributed by atoms with E-state index in [0.717, 1.165) is 42.4 Å². The Labute approximate surface area is 165 Å². The number of benzene rings is 2. The van der Waals surface area contributed by atoms with Crippen LogP contribution in [0.15, 0.2) is 59.1 Å². The van der Waals surface area contributed by atoms with E-state index in [1.54, 1.807) is 0 Å². The number of rotatable bonds is 6. The zero-order valence-corrected chi connectivity index (χ0v) is 16.1. The minimum absolute atomic E-state index is 0.0914. The predicted octanol–water partition coefficient (Wildman–Crippen LogP) is 4.64. The fraction of sp³-hybridized carbons (Fsp3) is 0.348. The van der Waals surface area contributed by atoms with E-state index in [4.69, 9.17) is 4.52 Å². The molecule has 144 valence electrons. The fourth-order valence-corrected chi connectivity index (χ4v) is 3.81. The predicted molar refractivity (Wildman–Crippen MR) is 107 cm³/mol. The molecule has 1 aliphatic rings. The maximum Gasteiger partial charge on any atom is 0.249 e. The molecule has 3 aromatic rings. The summed E-state index contributed by atoms with van der Waals surface area (Å²) in [7, 11) is 0. The van der Waals surface area contributed by atoms with Crippen molar-refractivity contribution in [2.45, 2.75) is 45.1 Å². The monoisotopic (exact) mass is 375 g/mol. The second-order valence-electron chi connectivity index (χ2n) is 7.56. The summed E-state index contributed by atoms with van der Waals surface area (Å²) in [5, 5.41) is 7.32. The molecule has 1 heterocycles. The normalized spacial score (nSPS) is 15.5. The van der Waals surface area contributed by atoms with Crippen LogP contribution in [0.3, 0.4) is 0 Å². The van der Waals surface area contributed by atoms with Crippen LogP contribution in [-0.4, -0.2) is 16.0 Å². The number of carbonyl (C=O) groups is 1. The number of aryl methyl sites for hydroxylation is 1. The lowest BCUT2D eigenvalue weighted by Crippen LogP contribution is -2.34. The van der Waals surface area contributed by atoms with Gasteiger partial charge >= 0.3 is 0 Å². The number of carbonyl (C=O) groups excluding carboxylic acids is 1. The molecule has 1 N–H and O–H groups in total. The van der Waals surface area contributed by atoms with Crippen molar-refractivity contribution in [2.24, 2.45) is 5.92 Å². The molecule has 0 bridgehead atoms. The molecular formula is C23H25N3O2. The lowest BCUT2D eigenvalue weighted by atomic mass is 10.0. The number of amides is 1. The van der Waals surface area contributed by atoms with Crippen molar-refractivity contribution in [3.05, 3.63) is 71.6 Å². The summed E-state index contributed by atoms with van der Waals surface area (Å²) in [6.07, 6.45) is 4.79.